The zero-order chi connectivity index (χ0) is 10.9. The third-order valence-corrected chi connectivity index (χ3v) is 4.01. The molecule has 0 aromatic rings. The Bertz CT molecular complexity index is 204. The zero-order valence-corrected chi connectivity index (χ0v) is 10.3. The average molecular weight is 212 g/mol. The second-order valence-electron chi connectivity index (χ2n) is 5.42. The molecule has 0 amide bonds. The summed E-state index contributed by atoms with van der Waals surface area (Å²) in [6, 6.07) is 0.694. The van der Waals surface area contributed by atoms with Gasteiger partial charge in [-0.05, 0) is 27.2 Å². The van der Waals surface area contributed by atoms with E-state index in [4.69, 9.17) is 4.74 Å². The highest BCUT2D eigenvalue weighted by Gasteiger charge is 2.37. The summed E-state index contributed by atoms with van der Waals surface area (Å²) in [7, 11) is 0. The van der Waals surface area contributed by atoms with Crippen molar-refractivity contribution in [3.05, 3.63) is 0 Å². The average Bonchev–Trinajstić information content (AvgIpc) is 2.67. The summed E-state index contributed by atoms with van der Waals surface area (Å²) in [6.45, 7) is 13.6. The summed E-state index contributed by atoms with van der Waals surface area (Å²) in [6.07, 6.45) is 1.20. The Kier molecular flexibility index (Phi) is 3.33. The number of piperazine rings is 1. The Morgan fingerprint density at radius 1 is 1.13 bits per heavy atom. The van der Waals surface area contributed by atoms with E-state index in [9.17, 15) is 0 Å². The molecule has 15 heavy (non-hydrogen) atoms. The van der Waals surface area contributed by atoms with Gasteiger partial charge in [0.25, 0.3) is 0 Å². The van der Waals surface area contributed by atoms with Gasteiger partial charge < -0.3 is 4.74 Å². The Hall–Kier alpha value is -0.120. The summed E-state index contributed by atoms with van der Waals surface area (Å²) in [4.78, 5) is 5.19. The number of rotatable bonds is 2. The molecular formula is C12H24N2O. The van der Waals surface area contributed by atoms with Crippen molar-refractivity contribution in [2.75, 3.05) is 39.4 Å². The van der Waals surface area contributed by atoms with Crippen molar-refractivity contribution in [3.63, 3.8) is 0 Å². The minimum Gasteiger partial charge on any atom is -0.379 e. The molecule has 2 aliphatic heterocycles. The predicted octanol–water partition coefficient (Wildman–Crippen LogP) is 1.19. The van der Waals surface area contributed by atoms with E-state index in [0.29, 0.717) is 11.6 Å². The Balaban J connectivity index is 1.87. The molecule has 2 aliphatic rings. The van der Waals surface area contributed by atoms with Gasteiger partial charge in [-0.2, -0.15) is 0 Å². The Labute approximate surface area is 93.4 Å². The number of hydrogen-bond donors (Lipinski definition) is 0. The van der Waals surface area contributed by atoms with E-state index >= 15 is 0 Å². The van der Waals surface area contributed by atoms with Gasteiger partial charge in [-0.25, -0.2) is 0 Å². The van der Waals surface area contributed by atoms with Crippen molar-refractivity contribution in [2.45, 2.75) is 38.8 Å². The first kappa shape index (κ1) is 11.4. The minimum absolute atomic E-state index is 0.322. The molecule has 0 saturated carbocycles. The molecule has 0 N–H and O–H groups in total. The molecule has 0 radical (unpaired) electrons. The van der Waals surface area contributed by atoms with Gasteiger partial charge in [0.05, 0.1) is 6.61 Å². The van der Waals surface area contributed by atoms with Gasteiger partial charge in [0.1, 0.15) is 0 Å². The summed E-state index contributed by atoms with van der Waals surface area (Å²) in [5, 5.41) is 0. The van der Waals surface area contributed by atoms with E-state index in [1.54, 1.807) is 0 Å². The van der Waals surface area contributed by atoms with Gasteiger partial charge in [-0.1, -0.05) is 0 Å². The van der Waals surface area contributed by atoms with Crippen LogP contribution in [0.4, 0.5) is 0 Å². The van der Waals surface area contributed by atoms with Crippen molar-refractivity contribution >= 4 is 0 Å². The molecule has 2 rings (SSSR count). The molecule has 0 aliphatic carbocycles. The predicted molar refractivity (Wildman–Crippen MR) is 62.1 cm³/mol. The van der Waals surface area contributed by atoms with E-state index in [2.05, 4.69) is 30.6 Å². The Morgan fingerprint density at radius 2 is 1.80 bits per heavy atom. The van der Waals surface area contributed by atoms with Crippen LogP contribution in [0.5, 0.6) is 0 Å². The van der Waals surface area contributed by atoms with Crippen LogP contribution in [0, 0.1) is 0 Å². The van der Waals surface area contributed by atoms with Gasteiger partial charge >= 0.3 is 0 Å². The summed E-state index contributed by atoms with van der Waals surface area (Å²) in [5.41, 5.74) is 0.322. The lowest BCUT2D eigenvalue weighted by molar-refractivity contribution is 0.0240. The summed E-state index contributed by atoms with van der Waals surface area (Å²) in [5.74, 6) is 0. The largest absolute Gasteiger partial charge is 0.379 e. The number of ether oxygens (including phenoxy) is 1. The fourth-order valence-corrected chi connectivity index (χ4v) is 2.68. The molecular weight excluding hydrogens is 188 g/mol. The molecule has 2 saturated heterocycles. The molecule has 2 fully saturated rings. The third-order valence-electron chi connectivity index (χ3n) is 4.01. The van der Waals surface area contributed by atoms with Crippen LogP contribution in [-0.2, 0) is 4.74 Å². The van der Waals surface area contributed by atoms with Gasteiger partial charge in [-0.3, -0.25) is 9.80 Å². The smallest absolute Gasteiger partial charge is 0.0648 e. The van der Waals surface area contributed by atoms with Crippen LogP contribution in [0.1, 0.15) is 27.2 Å². The SMILES string of the molecule is CC(C)N1CCN(C2(C)CCOC2)CC1. The second kappa shape index (κ2) is 4.40. The first-order chi connectivity index (χ1) is 7.12. The second-order valence-corrected chi connectivity index (χ2v) is 5.42. The highest BCUT2D eigenvalue weighted by molar-refractivity contribution is 4.92. The molecule has 0 bridgehead atoms. The third kappa shape index (κ3) is 2.35. The van der Waals surface area contributed by atoms with E-state index in [1.165, 1.54) is 32.6 Å². The maximum atomic E-state index is 5.53. The van der Waals surface area contributed by atoms with Crippen molar-refractivity contribution in [3.8, 4) is 0 Å². The summed E-state index contributed by atoms with van der Waals surface area (Å²) >= 11 is 0. The molecule has 1 atom stereocenters. The number of hydrogen-bond acceptors (Lipinski definition) is 3. The van der Waals surface area contributed by atoms with Gasteiger partial charge in [0.15, 0.2) is 0 Å². The van der Waals surface area contributed by atoms with Gasteiger partial charge in [-0.15, -0.1) is 0 Å². The maximum Gasteiger partial charge on any atom is 0.0648 e. The topological polar surface area (TPSA) is 15.7 Å². The minimum atomic E-state index is 0.322. The van der Waals surface area contributed by atoms with Crippen molar-refractivity contribution < 1.29 is 4.74 Å². The maximum absolute atomic E-state index is 5.53. The summed E-state index contributed by atoms with van der Waals surface area (Å²) < 4.78 is 5.53. The quantitative estimate of drug-likeness (QED) is 0.684. The van der Waals surface area contributed by atoms with Crippen LogP contribution in [0.15, 0.2) is 0 Å². The molecule has 2 heterocycles. The zero-order valence-electron chi connectivity index (χ0n) is 10.3. The van der Waals surface area contributed by atoms with Crippen LogP contribution in [0.3, 0.4) is 0 Å². The van der Waals surface area contributed by atoms with Crippen LogP contribution >= 0.6 is 0 Å². The van der Waals surface area contributed by atoms with Crippen LogP contribution in [-0.4, -0.2) is 60.8 Å². The fourth-order valence-electron chi connectivity index (χ4n) is 2.68. The highest BCUT2D eigenvalue weighted by atomic mass is 16.5. The number of nitrogens with zero attached hydrogens (tertiary/aromatic N) is 2. The molecule has 3 heteroatoms. The van der Waals surface area contributed by atoms with Gasteiger partial charge in [0.2, 0.25) is 0 Å². The molecule has 88 valence electrons. The van der Waals surface area contributed by atoms with E-state index in [-0.39, 0.29) is 0 Å². The van der Waals surface area contributed by atoms with Crippen molar-refractivity contribution in [1.82, 2.24) is 9.80 Å². The monoisotopic (exact) mass is 212 g/mol. The normalized spacial score (nSPS) is 35.2. The lowest BCUT2D eigenvalue weighted by Crippen LogP contribution is -2.57. The highest BCUT2D eigenvalue weighted by Crippen LogP contribution is 2.26. The molecule has 0 aromatic carbocycles. The first-order valence-electron chi connectivity index (χ1n) is 6.19. The molecule has 1 unspecified atom stereocenters. The lowest BCUT2D eigenvalue weighted by Gasteiger charge is -2.44. The fraction of sp³-hybridized carbons (Fsp3) is 1.00. The Morgan fingerprint density at radius 3 is 2.27 bits per heavy atom. The van der Waals surface area contributed by atoms with Gasteiger partial charge in [0, 0.05) is 44.4 Å². The molecule has 0 spiro atoms. The van der Waals surface area contributed by atoms with E-state index < -0.39 is 0 Å². The van der Waals surface area contributed by atoms with Crippen LogP contribution in [0.25, 0.3) is 0 Å². The first-order valence-corrected chi connectivity index (χ1v) is 6.19. The molecule has 0 aromatic heterocycles. The lowest BCUT2D eigenvalue weighted by atomic mass is 9.98. The van der Waals surface area contributed by atoms with E-state index in [0.717, 1.165) is 13.2 Å². The van der Waals surface area contributed by atoms with Crippen molar-refractivity contribution in [1.29, 1.82) is 0 Å². The van der Waals surface area contributed by atoms with E-state index in [1.807, 2.05) is 0 Å². The van der Waals surface area contributed by atoms with Crippen molar-refractivity contribution in [2.24, 2.45) is 0 Å². The van der Waals surface area contributed by atoms with Crippen LogP contribution < -0.4 is 0 Å². The van der Waals surface area contributed by atoms with Crippen LogP contribution in [0.2, 0.25) is 0 Å². The standard InChI is InChI=1S/C12H24N2O/c1-11(2)13-5-7-14(8-6-13)12(3)4-9-15-10-12/h11H,4-10H2,1-3H3. The molecule has 3 nitrogen and oxygen atoms in total.